The normalized spacial score (nSPS) is 16.9. The van der Waals surface area contributed by atoms with Crippen molar-refractivity contribution in [3.8, 4) is 0 Å². The van der Waals surface area contributed by atoms with Gasteiger partial charge < -0.3 is 25.6 Å². The summed E-state index contributed by atoms with van der Waals surface area (Å²) in [5.41, 5.74) is 8.65. The Morgan fingerprint density at radius 2 is 1.70 bits per heavy atom. The molecule has 0 radical (unpaired) electrons. The number of nitrogens with one attached hydrogen (secondary N) is 1. The molecule has 4 rings (SSSR count). The van der Waals surface area contributed by atoms with Gasteiger partial charge in [-0.15, -0.1) is 0 Å². The predicted molar refractivity (Wildman–Crippen MR) is 115 cm³/mol. The van der Waals surface area contributed by atoms with Gasteiger partial charge in [-0.1, -0.05) is 0 Å². The van der Waals surface area contributed by atoms with Crippen LogP contribution in [0.3, 0.4) is 0 Å². The van der Waals surface area contributed by atoms with Crippen LogP contribution in [0.15, 0.2) is 36.5 Å². The summed E-state index contributed by atoms with van der Waals surface area (Å²) in [6.07, 6.45) is 5.25. The number of amides is 2. The maximum Gasteiger partial charge on any atom is 0.269 e. The summed E-state index contributed by atoms with van der Waals surface area (Å²) in [6.45, 7) is 4.32. The van der Waals surface area contributed by atoms with E-state index in [1.54, 1.807) is 23.2 Å². The molecule has 2 aromatic rings. The molecule has 8 nitrogen and oxygen atoms in total. The molecule has 2 amide bonds. The lowest BCUT2D eigenvalue weighted by Crippen LogP contribution is -2.40. The Bertz CT molecular complexity index is 903. The number of primary amides is 1. The molecule has 2 aliphatic rings. The molecule has 0 unspecified atom stereocenters. The highest BCUT2D eigenvalue weighted by atomic mass is 16.5. The first kappa shape index (κ1) is 20.2. The molecule has 8 heteroatoms. The number of ether oxygens (including phenoxy) is 1. The molecular formula is C22H27N5O3. The zero-order valence-electron chi connectivity index (χ0n) is 17.0. The van der Waals surface area contributed by atoms with Crippen LogP contribution in [0.25, 0.3) is 0 Å². The van der Waals surface area contributed by atoms with Crippen molar-refractivity contribution in [2.24, 2.45) is 5.73 Å². The van der Waals surface area contributed by atoms with Gasteiger partial charge in [0.05, 0.1) is 30.8 Å². The van der Waals surface area contributed by atoms with Gasteiger partial charge in [0.25, 0.3) is 11.8 Å². The molecule has 2 fully saturated rings. The summed E-state index contributed by atoms with van der Waals surface area (Å²) in [4.78, 5) is 32.8. The largest absolute Gasteiger partial charge is 0.378 e. The maximum absolute atomic E-state index is 12.6. The standard InChI is InChI=1S/C22H27N5O3/c23-21(28)20-19(14-18(15-24-20)26-8-2-1-3-9-26)25-17-6-4-16(5-7-17)22(29)27-10-12-30-13-11-27/h4-7,14-15,25H,1-3,8-13H2,(H2,23,28). The summed E-state index contributed by atoms with van der Waals surface area (Å²) in [5.74, 6) is -0.585. The molecule has 0 aliphatic carbocycles. The lowest BCUT2D eigenvalue weighted by atomic mass is 10.1. The number of rotatable bonds is 5. The first-order valence-electron chi connectivity index (χ1n) is 10.4. The van der Waals surface area contributed by atoms with Crippen LogP contribution in [0.1, 0.15) is 40.1 Å². The monoisotopic (exact) mass is 409 g/mol. The van der Waals surface area contributed by atoms with Crippen LogP contribution in [-0.4, -0.2) is 61.1 Å². The topological polar surface area (TPSA) is 101 Å². The van der Waals surface area contributed by atoms with Crippen LogP contribution in [0, 0.1) is 0 Å². The lowest BCUT2D eigenvalue weighted by Gasteiger charge is -2.29. The molecule has 3 N–H and O–H groups in total. The molecule has 30 heavy (non-hydrogen) atoms. The Labute approximate surface area is 176 Å². The van der Waals surface area contributed by atoms with Crippen molar-refractivity contribution in [2.75, 3.05) is 49.6 Å². The van der Waals surface area contributed by atoms with E-state index < -0.39 is 5.91 Å². The van der Waals surface area contributed by atoms with Crippen LogP contribution >= 0.6 is 0 Å². The number of morpholine rings is 1. The molecule has 158 valence electrons. The fourth-order valence-corrected chi connectivity index (χ4v) is 3.87. The van der Waals surface area contributed by atoms with E-state index in [1.165, 1.54) is 6.42 Å². The molecule has 1 aromatic heterocycles. The van der Waals surface area contributed by atoms with Gasteiger partial charge in [-0.2, -0.15) is 0 Å². The van der Waals surface area contributed by atoms with Gasteiger partial charge in [-0.25, -0.2) is 4.98 Å². The van der Waals surface area contributed by atoms with Crippen molar-refractivity contribution in [1.82, 2.24) is 9.88 Å². The number of pyridine rings is 1. The average molecular weight is 409 g/mol. The highest BCUT2D eigenvalue weighted by Gasteiger charge is 2.19. The van der Waals surface area contributed by atoms with Gasteiger partial charge in [0.1, 0.15) is 0 Å². The van der Waals surface area contributed by atoms with Crippen molar-refractivity contribution in [1.29, 1.82) is 0 Å². The highest BCUT2D eigenvalue weighted by molar-refractivity contribution is 5.98. The minimum atomic E-state index is -0.582. The van der Waals surface area contributed by atoms with E-state index >= 15 is 0 Å². The van der Waals surface area contributed by atoms with Crippen molar-refractivity contribution in [3.05, 3.63) is 47.8 Å². The first-order valence-corrected chi connectivity index (χ1v) is 10.4. The van der Waals surface area contributed by atoms with Gasteiger partial charge >= 0.3 is 0 Å². The quantitative estimate of drug-likeness (QED) is 0.786. The molecule has 2 saturated heterocycles. The van der Waals surface area contributed by atoms with E-state index in [9.17, 15) is 9.59 Å². The minimum absolute atomic E-state index is 0.00330. The lowest BCUT2D eigenvalue weighted by molar-refractivity contribution is 0.0303. The number of piperidine rings is 1. The number of nitrogens with zero attached hydrogens (tertiary/aromatic N) is 3. The van der Waals surface area contributed by atoms with Gasteiger partial charge in [0.2, 0.25) is 0 Å². The Balaban J connectivity index is 1.52. The fourth-order valence-electron chi connectivity index (χ4n) is 3.87. The first-order chi connectivity index (χ1) is 14.6. The number of hydrogen-bond donors (Lipinski definition) is 2. The van der Waals surface area contributed by atoms with Crippen molar-refractivity contribution in [3.63, 3.8) is 0 Å². The van der Waals surface area contributed by atoms with Crippen LogP contribution in [0.5, 0.6) is 0 Å². The smallest absolute Gasteiger partial charge is 0.269 e. The molecule has 0 atom stereocenters. The third-order valence-corrected chi connectivity index (χ3v) is 5.54. The van der Waals surface area contributed by atoms with Crippen LogP contribution < -0.4 is 16.0 Å². The predicted octanol–water partition coefficient (Wildman–Crippen LogP) is 2.39. The van der Waals surface area contributed by atoms with Gasteiger partial charge in [0, 0.05) is 37.4 Å². The Kier molecular flexibility index (Phi) is 6.13. The Hall–Kier alpha value is -3.13. The molecule has 2 aliphatic heterocycles. The van der Waals surface area contributed by atoms with E-state index in [0.717, 1.165) is 37.3 Å². The number of hydrogen-bond acceptors (Lipinski definition) is 6. The molecule has 0 spiro atoms. The summed E-state index contributed by atoms with van der Waals surface area (Å²) in [7, 11) is 0. The summed E-state index contributed by atoms with van der Waals surface area (Å²) < 4.78 is 5.30. The van der Waals surface area contributed by atoms with Crippen molar-refractivity contribution in [2.45, 2.75) is 19.3 Å². The fraction of sp³-hybridized carbons (Fsp3) is 0.409. The molecule has 1 aromatic carbocycles. The number of aromatic nitrogens is 1. The molecular weight excluding hydrogens is 382 g/mol. The number of carbonyl (C=O) groups is 2. The van der Waals surface area contributed by atoms with E-state index in [4.69, 9.17) is 10.5 Å². The third kappa shape index (κ3) is 4.54. The number of benzene rings is 1. The van der Waals surface area contributed by atoms with E-state index in [0.29, 0.717) is 37.6 Å². The van der Waals surface area contributed by atoms with E-state index in [1.807, 2.05) is 18.2 Å². The van der Waals surface area contributed by atoms with Crippen molar-refractivity contribution >= 4 is 28.9 Å². The van der Waals surface area contributed by atoms with Crippen LogP contribution in [0.2, 0.25) is 0 Å². The van der Waals surface area contributed by atoms with Crippen LogP contribution in [-0.2, 0) is 4.74 Å². The van der Waals surface area contributed by atoms with Crippen molar-refractivity contribution < 1.29 is 14.3 Å². The van der Waals surface area contributed by atoms with Gasteiger partial charge in [0.15, 0.2) is 5.69 Å². The maximum atomic E-state index is 12.6. The Morgan fingerprint density at radius 3 is 2.37 bits per heavy atom. The average Bonchev–Trinajstić information content (AvgIpc) is 2.80. The number of anilines is 3. The van der Waals surface area contributed by atoms with Gasteiger partial charge in [-0.3, -0.25) is 9.59 Å². The zero-order valence-corrected chi connectivity index (χ0v) is 17.0. The second kappa shape index (κ2) is 9.13. The number of nitrogens with two attached hydrogens (primary N) is 1. The molecule has 3 heterocycles. The number of carbonyl (C=O) groups excluding carboxylic acids is 2. The highest BCUT2D eigenvalue weighted by Crippen LogP contribution is 2.27. The third-order valence-electron chi connectivity index (χ3n) is 5.54. The Morgan fingerprint density at radius 1 is 1.00 bits per heavy atom. The second-order valence-corrected chi connectivity index (χ2v) is 7.61. The SMILES string of the molecule is NC(=O)c1ncc(N2CCCCC2)cc1Nc1ccc(C(=O)N2CCOCC2)cc1. The van der Waals surface area contributed by atoms with E-state index in [-0.39, 0.29) is 11.6 Å². The van der Waals surface area contributed by atoms with Crippen LogP contribution in [0.4, 0.5) is 17.1 Å². The van der Waals surface area contributed by atoms with E-state index in [2.05, 4.69) is 15.2 Å². The minimum Gasteiger partial charge on any atom is -0.378 e. The molecule has 0 saturated carbocycles. The summed E-state index contributed by atoms with van der Waals surface area (Å²) in [5, 5.41) is 3.24. The van der Waals surface area contributed by atoms with Gasteiger partial charge in [-0.05, 0) is 49.6 Å². The molecule has 0 bridgehead atoms. The summed E-state index contributed by atoms with van der Waals surface area (Å²) >= 11 is 0. The second-order valence-electron chi connectivity index (χ2n) is 7.61. The zero-order chi connectivity index (χ0) is 20.9. The summed E-state index contributed by atoms with van der Waals surface area (Å²) in [6, 6.07) is 9.14.